The number of unbranched alkanes of at least 4 members (excludes halogenated alkanes) is 1. The standard InChI is InChI=1S/C30H33N7O2/c1-22-11-16-34-27(18-22)28-19-23(12-17-35-28)29(38)36-15-7-4-10-26(31)30(39)37(20-24-8-2-5-13-32-24)21-25-9-3-6-14-33-25/h2-3,5-6,8-9,11-14,16-19,26H,4,7,10,15,20-21,31H2,1H3,(H,36,38)/t26-/m0/s1. The smallest absolute Gasteiger partial charge is 0.251 e. The summed E-state index contributed by atoms with van der Waals surface area (Å²) in [4.78, 5) is 45.0. The molecule has 9 nitrogen and oxygen atoms in total. The lowest BCUT2D eigenvalue weighted by atomic mass is 10.1. The summed E-state index contributed by atoms with van der Waals surface area (Å²) in [6, 6.07) is 17.9. The van der Waals surface area contributed by atoms with E-state index in [1.54, 1.807) is 41.8 Å². The summed E-state index contributed by atoms with van der Waals surface area (Å²) in [7, 11) is 0. The highest BCUT2D eigenvalue weighted by Gasteiger charge is 2.22. The van der Waals surface area contributed by atoms with Crippen LogP contribution in [0.4, 0.5) is 0 Å². The second kappa shape index (κ2) is 13.9. The topological polar surface area (TPSA) is 127 Å². The van der Waals surface area contributed by atoms with Gasteiger partial charge in [0.2, 0.25) is 5.91 Å². The van der Waals surface area contributed by atoms with Crippen molar-refractivity contribution in [3.05, 3.63) is 108 Å². The van der Waals surface area contributed by atoms with Gasteiger partial charge in [-0.3, -0.25) is 29.5 Å². The largest absolute Gasteiger partial charge is 0.352 e. The van der Waals surface area contributed by atoms with Gasteiger partial charge in [-0.2, -0.15) is 0 Å². The maximum absolute atomic E-state index is 13.2. The van der Waals surface area contributed by atoms with E-state index < -0.39 is 6.04 Å². The number of aryl methyl sites for hydroxylation is 1. The second-order valence-corrected chi connectivity index (χ2v) is 9.34. The lowest BCUT2D eigenvalue weighted by Gasteiger charge is -2.25. The zero-order valence-electron chi connectivity index (χ0n) is 22.0. The van der Waals surface area contributed by atoms with Gasteiger partial charge in [-0.25, -0.2) is 0 Å². The molecule has 0 saturated carbocycles. The monoisotopic (exact) mass is 523 g/mol. The van der Waals surface area contributed by atoms with Gasteiger partial charge in [0.1, 0.15) is 0 Å². The molecule has 0 fully saturated rings. The van der Waals surface area contributed by atoms with E-state index in [1.165, 1.54) is 0 Å². The number of nitrogens with one attached hydrogen (secondary N) is 1. The molecule has 4 heterocycles. The van der Waals surface area contributed by atoms with Crippen LogP contribution in [0, 0.1) is 6.92 Å². The first-order valence-corrected chi connectivity index (χ1v) is 13.0. The molecule has 4 rings (SSSR count). The van der Waals surface area contributed by atoms with Gasteiger partial charge in [0.15, 0.2) is 0 Å². The highest BCUT2D eigenvalue weighted by molar-refractivity contribution is 5.94. The molecule has 2 amide bonds. The molecule has 0 aromatic carbocycles. The van der Waals surface area contributed by atoms with Crippen molar-refractivity contribution in [2.24, 2.45) is 5.73 Å². The van der Waals surface area contributed by atoms with E-state index >= 15 is 0 Å². The van der Waals surface area contributed by atoms with Gasteiger partial charge in [0.05, 0.1) is 41.9 Å². The fourth-order valence-electron chi connectivity index (χ4n) is 4.13. The molecule has 3 N–H and O–H groups in total. The molecule has 39 heavy (non-hydrogen) atoms. The number of hydrogen-bond donors (Lipinski definition) is 2. The van der Waals surface area contributed by atoms with E-state index in [9.17, 15) is 9.59 Å². The first kappa shape index (κ1) is 27.5. The Bertz CT molecular complexity index is 1320. The third kappa shape index (κ3) is 8.24. The predicted octanol–water partition coefficient (Wildman–Crippen LogP) is 3.70. The average molecular weight is 524 g/mol. The quantitative estimate of drug-likeness (QED) is 0.271. The van der Waals surface area contributed by atoms with Gasteiger partial charge in [0, 0.05) is 36.9 Å². The van der Waals surface area contributed by atoms with Gasteiger partial charge in [-0.1, -0.05) is 12.1 Å². The van der Waals surface area contributed by atoms with Crippen molar-refractivity contribution in [2.75, 3.05) is 6.54 Å². The van der Waals surface area contributed by atoms with Crippen LogP contribution in [0.25, 0.3) is 11.4 Å². The average Bonchev–Trinajstić information content (AvgIpc) is 2.97. The highest BCUT2D eigenvalue weighted by atomic mass is 16.2. The summed E-state index contributed by atoms with van der Waals surface area (Å²) in [6.45, 7) is 3.17. The van der Waals surface area contributed by atoms with Gasteiger partial charge >= 0.3 is 0 Å². The number of rotatable bonds is 12. The van der Waals surface area contributed by atoms with Crippen molar-refractivity contribution in [1.29, 1.82) is 0 Å². The molecule has 0 bridgehead atoms. The summed E-state index contributed by atoms with van der Waals surface area (Å²) in [5.41, 5.74) is 10.9. The lowest BCUT2D eigenvalue weighted by Crippen LogP contribution is -2.43. The summed E-state index contributed by atoms with van der Waals surface area (Å²) in [6.07, 6.45) is 8.66. The molecule has 200 valence electrons. The Labute approximate surface area is 228 Å². The normalized spacial score (nSPS) is 11.5. The number of carbonyl (C=O) groups is 2. The zero-order chi connectivity index (χ0) is 27.5. The molecule has 0 aliphatic carbocycles. The van der Waals surface area contributed by atoms with Crippen LogP contribution >= 0.6 is 0 Å². The molecule has 0 aliphatic heterocycles. The summed E-state index contributed by atoms with van der Waals surface area (Å²) in [5, 5.41) is 2.94. The van der Waals surface area contributed by atoms with E-state index in [-0.39, 0.29) is 11.8 Å². The maximum Gasteiger partial charge on any atom is 0.251 e. The summed E-state index contributed by atoms with van der Waals surface area (Å²) < 4.78 is 0. The zero-order valence-corrected chi connectivity index (χ0v) is 22.0. The van der Waals surface area contributed by atoms with E-state index in [0.717, 1.165) is 22.6 Å². The number of nitrogens with zero attached hydrogens (tertiary/aromatic N) is 5. The number of aromatic nitrogens is 4. The molecule has 0 spiro atoms. The van der Waals surface area contributed by atoms with Gasteiger partial charge in [-0.15, -0.1) is 0 Å². The fourth-order valence-corrected chi connectivity index (χ4v) is 4.13. The Hall–Kier alpha value is -4.50. The molecule has 9 heteroatoms. The molecule has 0 saturated heterocycles. The van der Waals surface area contributed by atoms with Gasteiger partial charge in [0.25, 0.3) is 5.91 Å². The minimum absolute atomic E-state index is 0.149. The van der Waals surface area contributed by atoms with E-state index in [4.69, 9.17) is 5.73 Å². The van der Waals surface area contributed by atoms with E-state index in [1.807, 2.05) is 55.5 Å². The van der Waals surface area contributed by atoms with Crippen LogP contribution in [0.2, 0.25) is 0 Å². The second-order valence-electron chi connectivity index (χ2n) is 9.34. The minimum Gasteiger partial charge on any atom is -0.352 e. The van der Waals surface area contributed by atoms with Crippen molar-refractivity contribution in [2.45, 2.75) is 45.3 Å². The van der Waals surface area contributed by atoms with Crippen molar-refractivity contribution in [3.8, 4) is 11.4 Å². The Morgan fingerprint density at radius 3 is 2.08 bits per heavy atom. The van der Waals surface area contributed by atoms with Crippen LogP contribution in [0.1, 0.15) is 46.6 Å². The maximum atomic E-state index is 13.2. The predicted molar refractivity (Wildman–Crippen MR) is 149 cm³/mol. The van der Waals surface area contributed by atoms with Crippen LogP contribution in [-0.2, 0) is 17.9 Å². The number of hydrogen-bond acceptors (Lipinski definition) is 7. The highest BCUT2D eigenvalue weighted by Crippen LogP contribution is 2.16. The number of carbonyl (C=O) groups excluding carboxylic acids is 2. The summed E-state index contributed by atoms with van der Waals surface area (Å²) >= 11 is 0. The molecule has 0 unspecified atom stereocenters. The van der Waals surface area contributed by atoms with Crippen LogP contribution < -0.4 is 11.1 Å². The third-order valence-corrected chi connectivity index (χ3v) is 6.21. The lowest BCUT2D eigenvalue weighted by molar-refractivity contribution is -0.134. The first-order chi connectivity index (χ1) is 19.0. The Morgan fingerprint density at radius 1 is 0.821 bits per heavy atom. The van der Waals surface area contributed by atoms with Gasteiger partial charge in [-0.05, 0) is 80.3 Å². The van der Waals surface area contributed by atoms with E-state index in [0.29, 0.717) is 50.2 Å². The molecule has 0 radical (unpaired) electrons. The van der Waals surface area contributed by atoms with Crippen LogP contribution in [-0.4, -0.2) is 49.2 Å². The first-order valence-electron chi connectivity index (χ1n) is 13.0. The number of pyridine rings is 4. The van der Waals surface area contributed by atoms with Crippen molar-refractivity contribution >= 4 is 11.8 Å². The van der Waals surface area contributed by atoms with Gasteiger partial charge < -0.3 is 16.0 Å². The molecule has 0 aliphatic rings. The molecule has 4 aromatic heterocycles. The number of nitrogens with two attached hydrogens (primary N) is 1. The minimum atomic E-state index is -0.655. The van der Waals surface area contributed by atoms with E-state index in [2.05, 4.69) is 25.3 Å². The molecule has 1 atom stereocenters. The van der Waals surface area contributed by atoms with Crippen molar-refractivity contribution < 1.29 is 9.59 Å². The molecular formula is C30H33N7O2. The SMILES string of the molecule is Cc1ccnc(-c2cc(C(=O)NCCCC[C@H](N)C(=O)N(Cc3ccccn3)Cc3ccccn3)ccn2)c1. The fraction of sp³-hybridized carbons (Fsp3) is 0.267. The van der Waals surface area contributed by atoms with Crippen molar-refractivity contribution in [1.82, 2.24) is 30.2 Å². The number of amides is 2. The summed E-state index contributed by atoms with van der Waals surface area (Å²) in [5.74, 6) is -0.326. The van der Waals surface area contributed by atoms with Crippen LogP contribution in [0.15, 0.2) is 85.5 Å². The molecule has 4 aromatic rings. The van der Waals surface area contributed by atoms with Crippen LogP contribution in [0.3, 0.4) is 0 Å². The molecular weight excluding hydrogens is 490 g/mol. The Morgan fingerprint density at radius 2 is 1.46 bits per heavy atom. The Balaban J connectivity index is 1.26. The third-order valence-electron chi connectivity index (χ3n) is 6.21. The van der Waals surface area contributed by atoms with Crippen LogP contribution in [0.5, 0.6) is 0 Å². The Kier molecular flexibility index (Phi) is 9.80. The van der Waals surface area contributed by atoms with Crippen molar-refractivity contribution in [3.63, 3.8) is 0 Å².